The molecule has 1 saturated heterocycles. The van der Waals surface area contributed by atoms with Gasteiger partial charge in [-0.2, -0.15) is 0 Å². The van der Waals surface area contributed by atoms with Crippen LogP contribution in [0.3, 0.4) is 0 Å². The molecule has 3 rings (SSSR count). The van der Waals surface area contributed by atoms with E-state index in [1.165, 1.54) is 24.3 Å². The van der Waals surface area contributed by atoms with Gasteiger partial charge in [-0.1, -0.05) is 70.0 Å². The van der Waals surface area contributed by atoms with Crippen LogP contribution >= 0.6 is 0 Å². The monoisotopic (exact) mass is 521 g/mol. The lowest BCUT2D eigenvalue weighted by molar-refractivity contribution is -0.384. The summed E-state index contributed by atoms with van der Waals surface area (Å²) < 4.78 is 0. The van der Waals surface area contributed by atoms with Crippen molar-refractivity contribution >= 4 is 23.1 Å². The number of benzene rings is 2. The molecule has 1 unspecified atom stereocenters. The Kier molecular flexibility index (Phi) is 10.6. The standard InChI is InChI=1S/C30H39N3O5/c1-4-7-17-31(18-8-5-2)19-10-20-32-27(23-15-13-22(6-3)14-16-23)26(29(35)30(32)36)28(34)24-11-9-12-25(21-24)33(37)38/h9,11-16,21,27,34H,4-8,10,17-20H2,1-3H3/b28-26-. The number of unbranched alkanes of at least 4 members (excludes halogenated alkanes) is 2. The average molecular weight is 522 g/mol. The van der Waals surface area contributed by atoms with Gasteiger partial charge in [-0.15, -0.1) is 0 Å². The summed E-state index contributed by atoms with van der Waals surface area (Å²) in [4.78, 5) is 41.2. The Labute approximate surface area is 225 Å². The lowest BCUT2D eigenvalue weighted by Crippen LogP contribution is -2.34. The fourth-order valence-corrected chi connectivity index (χ4v) is 4.88. The molecule has 0 aliphatic carbocycles. The van der Waals surface area contributed by atoms with Gasteiger partial charge in [0.1, 0.15) is 5.76 Å². The van der Waals surface area contributed by atoms with E-state index in [0.717, 1.165) is 62.9 Å². The van der Waals surface area contributed by atoms with Crippen molar-refractivity contribution in [3.05, 3.63) is 80.9 Å². The van der Waals surface area contributed by atoms with Crippen molar-refractivity contribution in [3.63, 3.8) is 0 Å². The van der Waals surface area contributed by atoms with E-state index in [0.29, 0.717) is 13.0 Å². The van der Waals surface area contributed by atoms with Crippen molar-refractivity contribution in [3.8, 4) is 0 Å². The largest absolute Gasteiger partial charge is 0.507 e. The van der Waals surface area contributed by atoms with Crippen LogP contribution in [-0.2, 0) is 16.0 Å². The third-order valence-electron chi connectivity index (χ3n) is 7.10. The van der Waals surface area contributed by atoms with Crippen LogP contribution in [0.1, 0.15) is 75.6 Å². The summed E-state index contributed by atoms with van der Waals surface area (Å²) in [5.41, 5.74) is 1.74. The number of nitro benzene ring substituents is 1. The normalized spacial score (nSPS) is 16.9. The Morgan fingerprint density at radius 1 is 0.974 bits per heavy atom. The number of nitrogens with zero attached hydrogens (tertiary/aromatic N) is 3. The number of non-ortho nitro benzene ring substituents is 1. The molecule has 2 aromatic carbocycles. The summed E-state index contributed by atoms with van der Waals surface area (Å²) in [5.74, 6) is -1.82. The van der Waals surface area contributed by atoms with Crippen molar-refractivity contribution in [2.75, 3.05) is 26.2 Å². The van der Waals surface area contributed by atoms with E-state index in [9.17, 15) is 24.8 Å². The first-order chi connectivity index (χ1) is 18.3. The molecule has 1 fully saturated rings. The number of likely N-dealkylation sites (tertiary alicyclic amines) is 1. The van der Waals surface area contributed by atoms with E-state index < -0.39 is 28.4 Å². The van der Waals surface area contributed by atoms with Gasteiger partial charge in [0.05, 0.1) is 16.5 Å². The number of rotatable bonds is 14. The number of ketones is 1. The van der Waals surface area contributed by atoms with E-state index in [2.05, 4.69) is 18.7 Å². The number of Topliss-reactive ketones (excluding diaryl/α,β-unsaturated/α-hetero) is 1. The Bertz CT molecular complexity index is 1150. The van der Waals surface area contributed by atoms with E-state index in [4.69, 9.17) is 0 Å². The molecule has 8 heteroatoms. The molecule has 0 aromatic heterocycles. The van der Waals surface area contributed by atoms with Crippen LogP contribution in [0.4, 0.5) is 5.69 Å². The topological polar surface area (TPSA) is 104 Å². The minimum atomic E-state index is -0.771. The average Bonchev–Trinajstić information content (AvgIpc) is 3.18. The van der Waals surface area contributed by atoms with Gasteiger partial charge in [0, 0.05) is 24.2 Å². The van der Waals surface area contributed by atoms with Gasteiger partial charge in [-0.25, -0.2) is 0 Å². The second-order valence-electron chi connectivity index (χ2n) is 9.80. The van der Waals surface area contributed by atoms with E-state index in [-0.39, 0.29) is 16.8 Å². The number of hydrogen-bond acceptors (Lipinski definition) is 6. The van der Waals surface area contributed by atoms with Gasteiger partial charge in [-0.3, -0.25) is 19.7 Å². The zero-order chi connectivity index (χ0) is 27.7. The zero-order valence-corrected chi connectivity index (χ0v) is 22.7. The van der Waals surface area contributed by atoms with Crippen molar-refractivity contribution in [1.82, 2.24) is 9.80 Å². The SMILES string of the molecule is CCCCN(CCCC)CCCN1C(=O)C(=O)/C(=C(\O)c2cccc([N+](=O)[O-])c2)C1c1ccc(CC)cc1. The number of carbonyl (C=O) groups excluding carboxylic acids is 2. The number of nitro groups is 1. The van der Waals surface area contributed by atoms with Gasteiger partial charge < -0.3 is 14.9 Å². The summed E-state index contributed by atoms with van der Waals surface area (Å²) >= 11 is 0. The molecule has 1 heterocycles. The number of amides is 1. The van der Waals surface area contributed by atoms with Crippen LogP contribution in [-0.4, -0.2) is 57.7 Å². The molecule has 8 nitrogen and oxygen atoms in total. The lowest BCUT2D eigenvalue weighted by Gasteiger charge is -2.27. The zero-order valence-electron chi connectivity index (χ0n) is 22.7. The molecular weight excluding hydrogens is 482 g/mol. The molecule has 0 spiro atoms. The maximum Gasteiger partial charge on any atom is 0.295 e. The van der Waals surface area contributed by atoms with E-state index >= 15 is 0 Å². The maximum absolute atomic E-state index is 13.3. The fourth-order valence-electron chi connectivity index (χ4n) is 4.88. The van der Waals surface area contributed by atoms with Gasteiger partial charge >= 0.3 is 0 Å². The molecular formula is C30H39N3O5. The predicted molar refractivity (Wildman–Crippen MR) is 149 cm³/mol. The summed E-state index contributed by atoms with van der Waals surface area (Å²) in [5, 5.41) is 22.5. The Morgan fingerprint density at radius 3 is 2.18 bits per heavy atom. The molecule has 1 N–H and O–H groups in total. The van der Waals surface area contributed by atoms with Crippen molar-refractivity contribution in [1.29, 1.82) is 0 Å². The molecule has 1 amide bonds. The second-order valence-corrected chi connectivity index (χ2v) is 9.80. The van der Waals surface area contributed by atoms with E-state index in [1.54, 1.807) is 4.90 Å². The van der Waals surface area contributed by atoms with Gasteiger partial charge in [0.2, 0.25) is 0 Å². The molecule has 1 aliphatic heterocycles. The van der Waals surface area contributed by atoms with Crippen molar-refractivity contribution in [2.24, 2.45) is 0 Å². The van der Waals surface area contributed by atoms with Crippen LogP contribution in [0.5, 0.6) is 0 Å². The highest BCUT2D eigenvalue weighted by Gasteiger charge is 2.45. The quantitative estimate of drug-likeness (QED) is 0.110. The number of aliphatic hydroxyl groups is 1. The van der Waals surface area contributed by atoms with Crippen LogP contribution in [0.25, 0.3) is 5.76 Å². The Balaban J connectivity index is 1.96. The fraction of sp³-hybridized carbons (Fsp3) is 0.467. The smallest absolute Gasteiger partial charge is 0.295 e. The molecule has 1 atom stereocenters. The maximum atomic E-state index is 13.3. The summed E-state index contributed by atoms with van der Waals surface area (Å²) in [6, 6.07) is 12.4. The van der Waals surface area contributed by atoms with Crippen LogP contribution in [0, 0.1) is 10.1 Å². The summed E-state index contributed by atoms with van der Waals surface area (Å²) in [6.45, 7) is 9.58. The van der Waals surface area contributed by atoms with Crippen LogP contribution in [0.15, 0.2) is 54.1 Å². The molecule has 1 aliphatic rings. The first-order valence-electron chi connectivity index (χ1n) is 13.7. The van der Waals surface area contributed by atoms with Gasteiger partial charge in [0.25, 0.3) is 17.4 Å². The minimum absolute atomic E-state index is 0.0337. The van der Waals surface area contributed by atoms with E-state index in [1.807, 2.05) is 31.2 Å². The third kappa shape index (κ3) is 6.86. The first kappa shape index (κ1) is 29.0. The minimum Gasteiger partial charge on any atom is -0.507 e. The number of aryl methyl sites for hydroxylation is 1. The molecule has 0 bridgehead atoms. The number of aliphatic hydroxyl groups excluding tert-OH is 1. The van der Waals surface area contributed by atoms with Crippen LogP contribution in [0.2, 0.25) is 0 Å². The predicted octanol–water partition coefficient (Wildman–Crippen LogP) is 5.87. The molecule has 0 saturated carbocycles. The highest BCUT2D eigenvalue weighted by molar-refractivity contribution is 6.46. The third-order valence-corrected chi connectivity index (χ3v) is 7.10. The second kappa shape index (κ2) is 13.9. The summed E-state index contributed by atoms with van der Waals surface area (Å²) in [6.07, 6.45) is 5.99. The number of carbonyl (C=O) groups is 2. The van der Waals surface area contributed by atoms with Gasteiger partial charge in [-0.05, 0) is 56.4 Å². The first-order valence-corrected chi connectivity index (χ1v) is 13.7. The van der Waals surface area contributed by atoms with Crippen molar-refractivity contribution < 1.29 is 19.6 Å². The van der Waals surface area contributed by atoms with Gasteiger partial charge in [0.15, 0.2) is 0 Å². The Morgan fingerprint density at radius 2 is 1.61 bits per heavy atom. The molecule has 38 heavy (non-hydrogen) atoms. The summed E-state index contributed by atoms with van der Waals surface area (Å²) in [7, 11) is 0. The van der Waals surface area contributed by atoms with Crippen molar-refractivity contribution in [2.45, 2.75) is 65.3 Å². The highest BCUT2D eigenvalue weighted by atomic mass is 16.6. The molecule has 0 radical (unpaired) electrons. The highest BCUT2D eigenvalue weighted by Crippen LogP contribution is 2.40. The molecule has 204 valence electrons. The number of hydrogen-bond donors (Lipinski definition) is 1. The van der Waals surface area contributed by atoms with Crippen LogP contribution < -0.4 is 0 Å². The lowest BCUT2D eigenvalue weighted by atomic mass is 9.94. The molecule has 2 aromatic rings. The Hall–Kier alpha value is -3.52.